The molecule has 0 saturated heterocycles. The Kier molecular flexibility index (Phi) is 6.37. The highest BCUT2D eigenvalue weighted by Crippen LogP contribution is 2.43. The number of rotatable bonds is 4. The summed E-state index contributed by atoms with van der Waals surface area (Å²) in [5, 5.41) is 7.54. The molecule has 0 aliphatic heterocycles. The SMILES string of the molecule is Clc1c(-c2nc(-c3ccc(-c4ccccc4)cc3)nc(-c3ccc4ccccc4c3)n2)ccc2sc3cc4ccccc4cc3c12. The number of benzene rings is 7. The molecule has 0 unspecified atom stereocenters. The van der Waals surface area contributed by atoms with Crippen LogP contribution in [0, 0.1) is 0 Å². The van der Waals surface area contributed by atoms with Crippen LogP contribution in [-0.4, -0.2) is 15.0 Å². The van der Waals surface area contributed by atoms with Gasteiger partial charge in [-0.15, -0.1) is 11.3 Å². The first-order valence-corrected chi connectivity index (χ1v) is 16.3. The topological polar surface area (TPSA) is 38.7 Å². The Morgan fingerprint density at radius 2 is 0.978 bits per heavy atom. The van der Waals surface area contributed by atoms with Crippen LogP contribution in [-0.2, 0) is 0 Å². The van der Waals surface area contributed by atoms with Crippen LogP contribution in [0.25, 0.3) is 87.0 Å². The van der Waals surface area contributed by atoms with Crippen molar-refractivity contribution in [3.8, 4) is 45.3 Å². The Morgan fingerprint density at radius 1 is 0.413 bits per heavy atom. The lowest BCUT2D eigenvalue weighted by Crippen LogP contribution is -2.00. The minimum Gasteiger partial charge on any atom is -0.208 e. The van der Waals surface area contributed by atoms with Gasteiger partial charge in [0.2, 0.25) is 0 Å². The van der Waals surface area contributed by atoms with Gasteiger partial charge in [-0.1, -0.05) is 127 Å². The van der Waals surface area contributed by atoms with E-state index in [-0.39, 0.29) is 0 Å². The summed E-state index contributed by atoms with van der Waals surface area (Å²) in [6.07, 6.45) is 0. The maximum absolute atomic E-state index is 7.32. The van der Waals surface area contributed by atoms with Crippen molar-refractivity contribution in [2.45, 2.75) is 0 Å². The van der Waals surface area contributed by atoms with Crippen molar-refractivity contribution in [3.05, 3.63) is 151 Å². The Hall–Kier alpha value is -5.42. The summed E-state index contributed by atoms with van der Waals surface area (Å²) < 4.78 is 2.35. The zero-order valence-electron chi connectivity index (χ0n) is 24.5. The third-order valence-corrected chi connectivity index (χ3v) is 10.1. The summed E-state index contributed by atoms with van der Waals surface area (Å²) in [6.45, 7) is 0. The fourth-order valence-corrected chi connectivity index (χ4v) is 7.76. The number of aromatic nitrogens is 3. The van der Waals surface area contributed by atoms with Crippen molar-refractivity contribution in [3.63, 3.8) is 0 Å². The van der Waals surface area contributed by atoms with Gasteiger partial charge in [-0.2, -0.15) is 0 Å². The summed E-state index contributed by atoms with van der Waals surface area (Å²) in [5.41, 5.74) is 4.93. The van der Waals surface area contributed by atoms with E-state index in [0.29, 0.717) is 22.5 Å². The van der Waals surface area contributed by atoms with Crippen molar-refractivity contribution in [1.29, 1.82) is 0 Å². The number of halogens is 1. The molecule has 0 N–H and O–H groups in total. The molecule has 0 fully saturated rings. The van der Waals surface area contributed by atoms with E-state index >= 15 is 0 Å². The third-order valence-electron chi connectivity index (χ3n) is 8.58. The maximum atomic E-state index is 7.32. The average molecular weight is 626 g/mol. The van der Waals surface area contributed by atoms with Gasteiger partial charge < -0.3 is 0 Å². The van der Waals surface area contributed by atoms with E-state index in [0.717, 1.165) is 48.7 Å². The predicted molar refractivity (Wildman–Crippen MR) is 194 cm³/mol. The number of hydrogen-bond acceptors (Lipinski definition) is 4. The van der Waals surface area contributed by atoms with Gasteiger partial charge in [0.25, 0.3) is 0 Å². The molecule has 3 nitrogen and oxygen atoms in total. The minimum absolute atomic E-state index is 0.548. The third kappa shape index (κ3) is 4.62. The van der Waals surface area contributed by atoms with Crippen LogP contribution in [0.4, 0.5) is 0 Å². The monoisotopic (exact) mass is 625 g/mol. The number of hydrogen-bond donors (Lipinski definition) is 0. The van der Waals surface area contributed by atoms with Gasteiger partial charge in [-0.25, -0.2) is 15.0 Å². The molecule has 0 amide bonds. The number of nitrogens with zero attached hydrogens (tertiary/aromatic N) is 3. The number of fused-ring (bicyclic) bond motifs is 5. The normalized spacial score (nSPS) is 11.6. The molecule has 9 aromatic rings. The van der Waals surface area contributed by atoms with Gasteiger partial charge in [0.15, 0.2) is 17.5 Å². The summed E-state index contributed by atoms with van der Waals surface area (Å²) in [6, 6.07) is 50.5. The standard InChI is InChI=1S/C41H24ClN3S/c42-38-33(20-21-35-37(38)34-23-30-12-6-7-13-31(30)24-36(34)46-35)41-44-39(28-17-14-27(15-18-28)25-8-2-1-3-9-25)43-40(45-41)32-19-16-26-10-4-5-11-29(26)22-32/h1-24H. The highest BCUT2D eigenvalue weighted by Gasteiger charge is 2.19. The predicted octanol–water partition coefficient (Wildman–Crippen LogP) is 11.9. The zero-order chi connectivity index (χ0) is 30.6. The lowest BCUT2D eigenvalue weighted by molar-refractivity contribution is 1.08. The van der Waals surface area contributed by atoms with Crippen molar-refractivity contribution in [2.24, 2.45) is 0 Å². The molecule has 7 aromatic carbocycles. The van der Waals surface area contributed by atoms with Gasteiger partial charge in [0.05, 0.1) is 5.02 Å². The van der Waals surface area contributed by atoms with E-state index < -0.39 is 0 Å². The van der Waals surface area contributed by atoms with Crippen LogP contribution in [0.15, 0.2) is 146 Å². The van der Waals surface area contributed by atoms with Crippen molar-refractivity contribution < 1.29 is 0 Å². The van der Waals surface area contributed by atoms with E-state index in [1.54, 1.807) is 11.3 Å². The van der Waals surface area contributed by atoms with Crippen molar-refractivity contribution in [2.75, 3.05) is 0 Å². The molecule has 216 valence electrons. The zero-order valence-corrected chi connectivity index (χ0v) is 26.1. The van der Waals surface area contributed by atoms with Crippen molar-refractivity contribution in [1.82, 2.24) is 15.0 Å². The molecular weight excluding hydrogens is 602 g/mol. The Labute approximate surface area is 274 Å². The largest absolute Gasteiger partial charge is 0.208 e. The second kappa shape index (κ2) is 10.9. The van der Waals surface area contributed by atoms with E-state index in [2.05, 4.69) is 127 Å². The van der Waals surface area contributed by atoms with Crippen LogP contribution in [0.2, 0.25) is 5.02 Å². The molecule has 0 aliphatic rings. The molecule has 2 aromatic heterocycles. The van der Waals surface area contributed by atoms with E-state index in [1.165, 1.54) is 20.9 Å². The van der Waals surface area contributed by atoms with E-state index in [4.69, 9.17) is 26.6 Å². The summed E-state index contributed by atoms with van der Waals surface area (Å²) in [7, 11) is 0. The molecule has 0 spiro atoms. The summed E-state index contributed by atoms with van der Waals surface area (Å²) in [5.74, 6) is 1.76. The lowest BCUT2D eigenvalue weighted by atomic mass is 10.0. The molecule has 0 aliphatic carbocycles. The second-order valence-electron chi connectivity index (χ2n) is 11.4. The lowest BCUT2D eigenvalue weighted by Gasteiger charge is -2.11. The Bertz CT molecular complexity index is 2590. The molecule has 0 saturated carbocycles. The van der Waals surface area contributed by atoms with E-state index in [1.807, 2.05) is 18.2 Å². The van der Waals surface area contributed by atoms with Crippen LogP contribution < -0.4 is 0 Å². The van der Waals surface area contributed by atoms with Gasteiger partial charge in [-0.3, -0.25) is 0 Å². The second-order valence-corrected chi connectivity index (χ2v) is 12.9. The van der Waals surface area contributed by atoms with Crippen LogP contribution in [0.3, 0.4) is 0 Å². The summed E-state index contributed by atoms with van der Waals surface area (Å²) in [4.78, 5) is 15.1. The molecule has 9 rings (SSSR count). The van der Waals surface area contributed by atoms with Gasteiger partial charge >= 0.3 is 0 Å². The van der Waals surface area contributed by atoms with Crippen LogP contribution in [0.1, 0.15) is 0 Å². The molecule has 0 bridgehead atoms. The first-order valence-electron chi connectivity index (χ1n) is 15.1. The smallest absolute Gasteiger partial charge is 0.165 e. The van der Waals surface area contributed by atoms with Gasteiger partial charge in [-0.05, 0) is 63.0 Å². The molecule has 0 atom stereocenters. The Morgan fingerprint density at radius 3 is 1.74 bits per heavy atom. The molecule has 2 heterocycles. The van der Waals surface area contributed by atoms with Crippen LogP contribution >= 0.6 is 22.9 Å². The average Bonchev–Trinajstić information content (AvgIpc) is 3.49. The molecule has 46 heavy (non-hydrogen) atoms. The first kappa shape index (κ1) is 26.9. The quantitative estimate of drug-likeness (QED) is 0.195. The summed E-state index contributed by atoms with van der Waals surface area (Å²) >= 11 is 9.07. The number of thiophene rings is 1. The highest BCUT2D eigenvalue weighted by atomic mass is 35.5. The first-order chi connectivity index (χ1) is 22.7. The van der Waals surface area contributed by atoms with Gasteiger partial charge in [0.1, 0.15) is 0 Å². The highest BCUT2D eigenvalue weighted by molar-refractivity contribution is 7.26. The maximum Gasteiger partial charge on any atom is 0.165 e. The van der Waals surface area contributed by atoms with E-state index in [9.17, 15) is 0 Å². The molecular formula is C41H24ClN3S. The molecule has 0 radical (unpaired) electrons. The fraction of sp³-hybridized carbons (Fsp3) is 0. The Balaban J connectivity index is 1.24. The van der Waals surface area contributed by atoms with Gasteiger partial charge in [0, 0.05) is 36.9 Å². The minimum atomic E-state index is 0.548. The van der Waals surface area contributed by atoms with Crippen molar-refractivity contribution >= 4 is 64.7 Å². The van der Waals surface area contributed by atoms with Crippen LogP contribution in [0.5, 0.6) is 0 Å². The fourth-order valence-electron chi connectivity index (χ4n) is 6.21. The molecule has 5 heteroatoms.